The fourth-order valence-corrected chi connectivity index (χ4v) is 2.68. The second-order valence-electron chi connectivity index (χ2n) is 5.42. The Morgan fingerprint density at radius 2 is 1.88 bits per heavy atom. The number of morpholine rings is 1. The Hall–Kier alpha value is -0.160. The van der Waals surface area contributed by atoms with E-state index in [0.29, 0.717) is 0 Å². The number of ether oxygens (including phenoxy) is 1. The minimum Gasteiger partial charge on any atom is -0.379 e. The first kappa shape index (κ1) is 13.3. The summed E-state index contributed by atoms with van der Waals surface area (Å²) in [5.41, 5.74) is 0. The first-order chi connectivity index (χ1) is 8.34. The van der Waals surface area contributed by atoms with E-state index in [-0.39, 0.29) is 0 Å². The highest BCUT2D eigenvalue weighted by molar-refractivity contribution is 4.71. The summed E-state index contributed by atoms with van der Waals surface area (Å²) in [6, 6.07) is 0. The fourth-order valence-electron chi connectivity index (χ4n) is 2.68. The minimum absolute atomic E-state index is 0.778. The molecule has 0 aromatic rings. The average molecular weight is 241 g/mol. The molecule has 100 valence electrons. The van der Waals surface area contributed by atoms with Crippen molar-refractivity contribution in [3.8, 4) is 0 Å². The molecule has 4 nitrogen and oxygen atoms in total. The van der Waals surface area contributed by atoms with Gasteiger partial charge in [0.2, 0.25) is 0 Å². The van der Waals surface area contributed by atoms with Crippen LogP contribution in [0.15, 0.2) is 0 Å². The van der Waals surface area contributed by atoms with Crippen LogP contribution in [0.25, 0.3) is 0 Å². The van der Waals surface area contributed by atoms with Crippen molar-refractivity contribution in [2.24, 2.45) is 5.92 Å². The van der Waals surface area contributed by atoms with Gasteiger partial charge in [0.05, 0.1) is 13.2 Å². The van der Waals surface area contributed by atoms with Gasteiger partial charge in [-0.15, -0.1) is 0 Å². The summed E-state index contributed by atoms with van der Waals surface area (Å²) in [5.74, 6) is 0.778. The van der Waals surface area contributed by atoms with Gasteiger partial charge in [-0.1, -0.05) is 6.92 Å². The maximum Gasteiger partial charge on any atom is 0.0594 e. The summed E-state index contributed by atoms with van der Waals surface area (Å²) < 4.78 is 5.38. The lowest BCUT2D eigenvalue weighted by Crippen LogP contribution is -2.44. The first-order valence-corrected chi connectivity index (χ1v) is 7.08. The highest BCUT2D eigenvalue weighted by Gasteiger charge is 2.15. The lowest BCUT2D eigenvalue weighted by Gasteiger charge is -2.32. The highest BCUT2D eigenvalue weighted by atomic mass is 16.5. The van der Waals surface area contributed by atoms with Crippen molar-refractivity contribution in [3.05, 3.63) is 0 Å². The van der Waals surface area contributed by atoms with E-state index < -0.39 is 0 Å². The van der Waals surface area contributed by atoms with Gasteiger partial charge in [-0.3, -0.25) is 4.90 Å². The molecule has 1 unspecified atom stereocenters. The van der Waals surface area contributed by atoms with Gasteiger partial charge in [0, 0.05) is 32.7 Å². The van der Waals surface area contributed by atoms with Gasteiger partial charge in [0.25, 0.3) is 0 Å². The molecule has 2 aliphatic heterocycles. The molecule has 2 saturated heterocycles. The van der Waals surface area contributed by atoms with Crippen molar-refractivity contribution < 1.29 is 4.74 Å². The molecule has 0 aromatic heterocycles. The van der Waals surface area contributed by atoms with E-state index in [9.17, 15) is 0 Å². The Bertz CT molecular complexity index is 207. The van der Waals surface area contributed by atoms with E-state index in [0.717, 1.165) is 32.2 Å². The number of nitrogens with zero attached hydrogens (tertiary/aromatic N) is 2. The Morgan fingerprint density at radius 3 is 2.71 bits per heavy atom. The van der Waals surface area contributed by atoms with Gasteiger partial charge in [-0.25, -0.2) is 0 Å². The van der Waals surface area contributed by atoms with Gasteiger partial charge in [-0.05, 0) is 32.0 Å². The van der Waals surface area contributed by atoms with Crippen molar-refractivity contribution in [2.75, 3.05) is 65.6 Å². The molecule has 2 fully saturated rings. The molecule has 0 spiro atoms. The van der Waals surface area contributed by atoms with Gasteiger partial charge in [0.1, 0.15) is 0 Å². The zero-order chi connectivity index (χ0) is 11.9. The maximum atomic E-state index is 5.38. The number of hydrogen-bond acceptors (Lipinski definition) is 4. The topological polar surface area (TPSA) is 27.7 Å². The zero-order valence-corrected chi connectivity index (χ0v) is 11.2. The largest absolute Gasteiger partial charge is 0.379 e. The average Bonchev–Trinajstić information content (AvgIpc) is 2.33. The molecular formula is C13H27N3O. The molecule has 0 bridgehead atoms. The second kappa shape index (κ2) is 7.31. The Morgan fingerprint density at radius 1 is 1.12 bits per heavy atom. The molecule has 0 aromatic carbocycles. The van der Waals surface area contributed by atoms with Crippen LogP contribution >= 0.6 is 0 Å². The van der Waals surface area contributed by atoms with Crippen LogP contribution in [0.2, 0.25) is 0 Å². The van der Waals surface area contributed by atoms with Crippen molar-refractivity contribution in [3.63, 3.8) is 0 Å². The third-order valence-electron chi connectivity index (χ3n) is 3.73. The molecule has 0 amide bonds. The predicted octanol–water partition coefficient (Wildman–Crippen LogP) is 0.250. The van der Waals surface area contributed by atoms with E-state index >= 15 is 0 Å². The highest BCUT2D eigenvalue weighted by Crippen LogP contribution is 2.04. The zero-order valence-electron chi connectivity index (χ0n) is 11.2. The molecule has 1 N–H and O–H groups in total. The second-order valence-corrected chi connectivity index (χ2v) is 5.42. The van der Waals surface area contributed by atoms with Crippen molar-refractivity contribution in [1.82, 2.24) is 15.1 Å². The summed E-state index contributed by atoms with van der Waals surface area (Å²) in [4.78, 5) is 5.17. The third kappa shape index (κ3) is 4.92. The molecular weight excluding hydrogens is 214 g/mol. The van der Waals surface area contributed by atoms with Gasteiger partial charge < -0.3 is 15.0 Å². The monoisotopic (exact) mass is 241 g/mol. The van der Waals surface area contributed by atoms with E-state index in [1.54, 1.807) is 0 Å². The van der Waals surface area contributed by atoms with Crippen LogP contribution in [0.1, 0.15) is 13.3 Å². The van der Waals surface area contributed by atoms with E-state index in [1.807, 2.05) is 0 Å². The molecule has 0 saturated carbocycles. The van der Waals surface area contributed by atoms with Crippen LogP contribution in [-0.2, 0) is 4.74 Å². The summed E-state index contributed by atoms with van der Waals surface area (Å²) in [5, 5.41) is 3.51. The van der Waals surface area contributed by atoms with Crippen LogP contribution in [0.4, 0.5) is 0 Å². The molecule has 4 heteroatoms. The van der Waals surface area contributed by atoms with E-state index in [1.165, 1.54) is 45.7 Å². The Labute approximate surface area is 105 Å². The quantitative estimate of drug-likeness (QED) is 0.766. The molecule has 1 atom stereocenters. The molecule has 0 aliphatic carbocycles. The predicted molar refractivity (Wildman–Crippen MR) is 70.3 cm³/mol. The van der Waals surface area contributed by atoms with Crippen molar-refractivity contribution in [2.45, 2.75) is 13.3 Å². The van der Waals surface area contributed by atoms with Crippen LogP contribution in [0.3, 0.4) is 0 Å². The number of nitrogens with one attached hydrogen (secondary N) is 1. The van der Waals surface area contributed by atoms with Crippen LogP contribution in [-0.4, -0.2) is 75.4 Å². The Kier molecular flexibility index (Phi) is 5.71. The van der Waals surface area contributed by atoms with E-state index in [2.05, 4.69) is 22.0 Å². The van der Waals surface area contributed by atoms with E-state index in [4.69, 9.17) is 4.74 Å². The van der Waals surface area contributed by atoms with Crippen LogP contribution < -0.4 is 5.32 Å². The van der Waals surface area contributed by atoms with Crippen molar-refractivity contribution in [1.29, 1.82) is 0 Å². The molecule has 2 heterocycles. The van der Waals surface area contributed by atoms with Gasteiger partial charge in [-0.2, -0.15) is 0 Å². The number of hydrogen-bond donors (Lipinski definition) is 1. The van der Waals surface area contributed by atoms with Gasteiger partial charge in [0.15, 0.2) is 0 Å². The lowest BCUT2D eigenvalue weighted by molar-refractivity contribution is 0.0323. The third-order valence-corrected chi connectivity index (χ3v) is 3.73. The lowest BCUT2D eigenvalue weighted by atomic mass is 10.1. The SMILES string of the molecule is CC1CNCCCN(CCN2CCOCC2)C1. The summed E-state index contributed by atoms with van der Waals surface area (Å²) >= 11 is 0. The normalized spacial score (nSPS) is 29.8. The molecule has 0 radical (unpaired) electrons. The minimum atomic E-state index is 0.778. The first-order valence-electron chi connectivity index (χ1n) is 7.08. The van der Waals surface area contributed by atoms with Crippen LogP contribution in [0.5, 0.6) is 0 Å². The number of rotatable bonds is 3. The summed E-state index contributed by atoms with van der Waals surface area (Å²) in [7, 11) is 0. The molecule has 2 aliphatic rings. The smallest absolute Gasteiger partial charge is 0.0594 e. The standard InChI is InChI=1S/C13H27N3O/c1-13-11-14-3-2-4-16(12-13)6-5-15-7-9-17-10-8-15/h13-14H,2-12H2,1H3. The Balaban J connectivity index is 1.68. The summed E-state index contributed by atoms with van der Waals surface area (Å²) in [6.45, 7) is 13.7. The molecule has 2 rings (SSSR count). The van der Waals surface area contributed by atoms with Crippen molar-refractivity contribution >= 4 is 0 Å². The maximum absolute atomic E-state index is 5.38. The molecule has 17 heavy (non-hydrogen) atoms. The fraction of sp³-hybridized carbons (Fsp3) is 1.00. The summed E-state index contributed by atoms with van der Waals surface area (Å²) in [6.07, 6.45) is 1.29. The van der Waals surface area contributed by atoms with Crippen LogP contribution in [0, 0.1) is 5.92 Å². The van der Waals surface area contributed by atoms with Gasteiger partial charge >= 0.3 is 0 Å².